The molecule has 3 aromatic heterocycles. The number of hydrogen-bond acceptors (Lipinski definition) is 5. The molecular weight excluding hydrogens is 314 g/mol. The fourth-order valence-corrected chi connectivity index (χ4v) is 2.75. The molecule has 4 rings (SSSR count). The molecule has 25 heavy (non-hydrogen) atoms. The van der Waals surface area contributed by atoms with Crippen LogP contribution in [0.25, 0.3) is 28.7 Å². The zero-order chi connectivity index (χ0) is 17.4. The molecule has 0 fully saturated rings. The molecule has 0 unspecified atom stereocenters. The average molecular weight is 331 g/mol. The summed E-state index contributed by atoms with van der Waals surface area (Å²) < 4.78 is 7.17. The van der Waals surface area contributed by atoms with Gasteiger partial charge in [-0.05, 0) is 50.3 Å². The Morgan fingerprint density at radius 3 is 2.72 bits per heavy atom. The van der Waals surface area contributed by atoms with Crippen molar-refractivity contribution in [1.82, 2.24) is 24.6 Å². The molecule has 0 atom stereocenters. The Morgan fingerprint density at radius 2 is 1.92 bits per heavy atom. The normalized spacial score (nSPS) is 11.6. The summed E-state index contributed by atoms with van der Waals surface area (Å²) in [5.41, 5.74) is 4.31. The second kappa shape index (κ2) is 5.98. The van der Waals surface area contributed by atoms with E-state index in [1.807, 2.05) is 56.3 Å². The van der Waals surface area contributed by atoms with Crippen LogP contribution in [0.4, 0.5) is 0 Å². The van der Waals surface area contributed by atoms with Crippen LogP contribution in [0.15, 0.2) is 36.5 Å². The average Bonchev–Trinajstić information content (AvgIpc) is 3.08. The van der Waals surface area contributed by atoms with E-state index in [4.69, 9.17) is 4.74 Å². The van der Waals surface area contributed by atoms with Gasteiger partial charge < -0.3 is 4.74 Å². The van der Waals surface area contributed by atoms with Gasteiger partial charge in [-0.15, -0.1) is 5.10 Å². The van der Waals surface area contributed by atoms with Gasteiger partial charge in [0, 0.05) is 11.6 Å². The molecule has 0 aliphatic carbocycles. The largest absolute Gasteiger partial charge is 0.496 e. The third kappa shape index (κ3) is 2.71. The zero-order valence-corrected chi connectivity index (χ0v) is 14.3. The number of methoxy groups -OCH3 is 1. The van der Waals surface area contributed by atoms with Gasteiger partial charge in [0.15, 0.2) is 11.5 Å². The van der Waals surface area contributed by atoms with Gasteiger partial charge in [0.25, 0.3) is 0 Å². The van der Waals surface area contributed by atoms with Crippen molar-refractivity contribution >= 4 is 28.7 Å². The number of fused-ring (bicyclic) bond motifs is 2. The molecule has 0 saturated carbocycles. The lowest BCUT2D eigenvalue weighted by molar-refractivity contribution is 0.420. The van der Waals surface area contributed by atoms with Gasteiger partial charge in [0.1, 0.15) is 5.75 Å². The summed E-state index contributed by atoms with van der Waals surface area (Å²) in [5, 5.41) is 5.50. The number of aryl methyl sites for hydroxylation is 2. The van der Waals surface area contributed by atoms with Crippen LogP contribution < -0.4 is 4.74 Å². The van der Waals surface area contributed by atoms with Crippen LogP contribution in [0.1, 0.15) is 22.9 Å². The third-order valence-corrected chi connectivity index (χ3v) is 4.06. The Balaban J connectivity index is 1.71. The number of ether oxygens (including phenoxy) is 1. The van der Waals surface area contributed by atoms with Gasteiger partial charge in [-0.2, -0.15) is 0 Å². The van der Waals surface area contributed by atoms with E-state index in [9.17, 15) is 0 Å². The number of aromatic nitrogens is 5. The predicted octanol–water partition coefficient (Wildman–Crippen LogP) is 3.47. The van der Waals surface area contributed by atoms with Crippen LogP contribution in [0, 0.1) is 13.8 Å². The number of nitrogens with zero attached hydrogens (tertiary/aromatic N) is 5. The maximum Gasteiger partial charge on any atom is 0.177 e. The lowest BCUT2D eigenvalue weighted by atomic mass is 10.2. The fourth-order valence-electron chi connectivity index (χ4n) is 2.75. The summed E-state index contributed by atoms with van der Waals surface area (Å²) in [6.45, 7) is 3.88. The molecule has 0 amide bonds. The van der Waals surface area contributed by atoms with Crippen molar-refractivity contribution < 1.29 is 4.74 Å². The van der Waals surface area contributed by atoms with Gasteiger partial charge in [0.2, 0.25) is 0 Å². The van der Waals surface area contributed by atoms with Crippen molar-refractivity contribution in [2.24, 2.45) is 0 Å². The van der Waals surface area contributed by atoms with Crippen LogP contribution in [-0.2, 0) is 0 Å². The van der Waals surface area contributed by atoms with Gasteiger partial charge in [-0.1, -0.05) is 6.07 Å². The van der Waals surface area contributed by atoms with Gasteiger partial charge >= 0.3 is 0 Å². The van der Waals surface area contributed by atoms with Crippen LogP contribution in [-0.4, -0.2) is 31.7 Å². The second-order valence-corrected chi connectivity index (χ2v) is 5.79. The third-order valence-electron chi connectivity index (χ3n) is 4.06. The highest BCUT2D eigenvalue weighted by molar-refractivity contribution is 5.86. The smallest absolute Gasteiger partial charge is 0.177 e. The molecule has 6 nitrogen and oxygen atoms in total. The van der Waals surface area contributed by atoms with Crippen LogP contribution in [0.5, 0.6) is 5.75 Å². The molecule has 124 valence electrons. The molecule has 4 aromatic rings. The first-order valence-corrected chi connectivity index (χ1v) is 7.96. The first-order chi connectivity index (χ1) is 12.2. The Labute approximate surface area is 144 Å². The van der Waals surface area contributed by atoms with E-state index in [0.717, 1.165) is 39.4 Å². The maximum absolute atomic E-state index is 5.37. The van der Waals surface area contributed by atoms with E-state index in [-0.39, 0.29) is 0 Å². The first-order valence-electron chi connectivity index (χ1n) is 7.96. The SMILES string of the molecule is COc1cccc2nc(/C=C/c3nc4c(C)ncc(C)n4n3)ccc12. The summed E-state index contributed by atoms with van der Waals surface area (Å²) >= 11 is 0. The molecule has 3 heterocycles. The Morgan fingerprint density at radius 1 is 1.04 bits per heavy atom. The number of hydrogen-bond donors (Lipinski definition) is 0. The van der Waals surface area contributed by atoms with Crippen molar-refractivity contribution in [3.63, 3.8) is 0 Å². The minimum Gasteiger partial charge on any atom is -0.496 e. The molecule has 0 saturated heterocycles. The highest BCUT2D eigenvalue weighted by Gasteiger charge is 2.07. The first kappa shape index (κ1) is 15.3. The van der Waals surface area contributed by atoms with E-state index in [1.54, 1.807) is 17.8 Å². The van der Waals surface area contributed by atoms with E-state index in [1.165, 1.54) is 0 Å². The van der Waals surface area contributed by atoms with Crippen molar-refractivity contribution in [3.05, 3.63) is 59.4 Å². The number of pyridine rings is 1. The molecule has 0 bridgehead atoms. The molecule has 0 N–H and O–H groups in total. The van der Waals surface area contributed by atoms with Crippen molar-refractivity contribution in [2.45, 2.75) is 13.8 Å². The molecule has 1 aromatic carbocycles. The topological polar surface area (TPSA) is 65.2 Å². The Bertz CT molecular complexity index is 1070. The fraction of sp³-hybridized carbons (Fsp3) is 0.158. The second-order valence-electron chi connectivity index (χ2n) is 5.79. The van der Waals surface area contributed by atoms with Gasteiger partial charge in [0.05, 0.1) is 29.7 Å². The lowest BCUT2D eigenvalue weighted by Crippen LogP contribution is -1.97. The maximum atomic E-state index is 5.37. The van der Waals surface area contributed by atoms with Crippen LogP contribution in [0.3, 0.4) is 0 Å². The molecular formula is C19H17N5O. The monoisotopic (exact) mass is 331 g/mol. The summed E-state index contributed by atoms with van der Waals surface area (Å²) in [6.07, 6.45) is 5.56. The lowest BCUT2D eigenvalue weighted by Gasteiger charge is -2.04. The molecule has 0 radical (unpaired) electrons. The van der Waals surface area contributed by atoms with Crippen LogP contribution >= 0.6 is 0 Å². The van der Waals surface area contributed by atoms with Gasteiger partial charge in [-0.3, -0.25) is 4.98 Å². The summed E-state index contributed by atoms with van der Waals surface area (Å²) in [7, 11) is 1.66. The molecule has 0 aliphatic heterocycles. The molecule has 0 spiro atoms. The number of rotatable bonds is 3. The van der Waals surface area contributed by atoms with E-state index >= 15 is 0 Å². The minimum absolute atomic E-state index is 0.631. The Hall–Kier alpha value is -3.28. The predicted molar refractivity (Wildman–Crippen MR) is 97.5 cm³/mol. The highest BCUT2D eigenvalue weighted by Crippen LogP contribution is 2.24. The van der Waals surface area contributed by atoms with Crippen molar-refractivity contribution in [2.75, 3.05) is 7.11 Å². The van der Waals surface area contributed by atoms with Crippen molar-refractivity contribution in [3.8, 4) is 5.75 Å². The minimum atomic E-state index is 0.631. The summed E-state index contributed by atoms with van der Waals surface area (Å²) in [5.74, 6) is 1.45. The van der Waals surface area contributed by atoms with E-state index in [2.05, 4.69) is 20.1 Å². The summed E-state index contributed by atoms with van der Waals surface area (Å²) in [4.78, 5) is 13.5. The van der Waals surface area contributed by atoms with Crippen molar-refractivity contribution in [1.29, 1.82) is 0 Å². The number of benzene rings is 1. The zero-order valence-electron chi connectivity index (χ0n) is 14.3. The standard InChI is InChI=1S/C19H17N5O/c1-12-11-20-13(2)19-22-18(23-24(12)19)10-8-14-7-9-15-16(21-14)5-4-6-17(15)25-3/h4-11H,1-3H3/b10-8+. The van der Waals surface area contributed by atoms with Crippen LogP contribution in [0.2, 0.25) is 0 Å². The van der Waals surface area contributed by atoms with E-state index in [0.29, 0.717) is 5.82 Å². The molecule has 6 heteroatoms. The Kier molecular flexibility index (Phi) is 3.65. The van der Waals surface area contributed by atoms with E-state index < -0.39 is 0 Å². The highest BCUT2D eigenvalue weighted by atomic mass is 16.5. The summed E-state index contributed by atoms with van der Waals surface area (Å²) in [6, 6.07) is 9.80. The quantitative estimate of drug-likeness (QED) is 0.575. The molecule has 0 aliphatic rings. The van der Waals surface area contributed by atoms with Gasteiger partial charge in [-0.25, -0.2) is 14.5 Å².